The van der Waals surface area contributed by atoms with Gasteiger partial charge in [0.15, 0.2) is 5.96 Å². The first-order valence-electron chi connectivity index (χ1n) is 8.78. The van der Waals surface area contributed by atoms with Crippen molar-refractivity contribution in [1.29, 1.82) is 0 Å². The molecule has 2 saturated heterocycles. The quantitative estimate of drug-likeness (QED) is 0.626. The van der Waals surface area contributed by atoms with Crippen molar-refractivity contribution in [3.8, 4) is 0 Å². The van der Waals surface area contributed by atoms with Gasteiger partial charge >= 0.3 is 0 Å². The molecule has 2 aliphatic heterocycles. The molecule has 0 amide bonds. The van der Waals surface area contributed by atoms with Gasteiger partial charge in [0.05, 0.1) is 0 Å². The summed E-state index contributed by atoms with van der Waals surface area (Å²) in [6.07, 6.45) is 6.17. The predicted molar refractivity (Wildman–Crippen MR) is 88.7 cm³/mol. The van der Waals surface area contributed by atoms with Gasteiger partial charge in [0, 0.05) is 39.4 Å². The van der Waals surface area contributed by atoms with E-state index in [1.807, 2.05) is 0 Å². The minimum Gasteiger partial charge on any atom is -0.381 e. The van der Waals surface area contributed by atoms with Gasteiger partial charge in [-0.25, -0.2) is 0 Å². The van der Waals surface area contributed by atoms with Crippen molar-refractivity contribution in [3.05, 3.63) is 0 Å². The number of ether oxygens (including phenoxy) is 1. The zero-order valence-corrected chi connectivity index (χ0v) is 14.2. The molecule has 0 aromatic rings. The summed E-state index contributed by atoms with van der Waals surface area (Å²) in [6.45, 7) is 12.9. The maximum absolute atomic E-state index is 5.43. The normalized spacial score (nSPS) is 28.1. The molecule has 0 aromatic carbocycles. The third-order valence-corrected chi connectivity index (χ3v) is 5.19. The van der Waals surface area contributed by atoms with Gasteiger partial charge in [0.1, 0.15) is 0 Å². The lowest BCUT2D eigenvalue weighted by atomic mass is 9.87. The van der Waals surface area contributed by atoms with Gasteiger partial charge < -0.3 is 15.0 Å². The summed E-state index contributed by atoms with van der Waals surface area (Å²) in [5.41, 5.74) is 0.469. The zero-order valence-electron chi connectivity index (χ0n) is 14.2. The van der Waals surface area contributed by atoms with Gasteiger partial charge in [0.25, 0.3) is 0 Å². The Morgan fingerprint density at radius 2 is 2.10 bits per heavy atom. The van der Waals surface area contributed by atoms with Gasteiger partial charge in [-0.2, -0.15) is 0 Å². The number of hydrogen-bond acceptors (Lipinski definition) is 2. The minimum atomic E-state index is 0.469. The van der Waals surface area contributed by atoms with E-state index >= 15 is 0 Å². The van der Waals surface area contributed by atoms with E-state index in [2.05, 4.69) is 31.0 Å². The second kappa shape index (κ2) is 8.02. The molecule has 0 radical (unpaired) electrons. The van der Waals surface area contributed by atoms with Crippen molar-refractivity contribution < 1.29 is 4.74 Å². The van der Waals surface area contributed by atoms with E-state index in [0.717, 1.165) is 51.3 Å². The lowest BCUT2D eigenvalue weighted by Gasteiger charge is -2.26. The summed E-state index contributed by atoms with van der Waals surface area (Å²) in [5.74, 6) is 1.94. The molecule has 2 fully saturated rings. The number of rotatable bonds is 5. The zero-order chi connectivity index (χ0) is 15.1. The van der Waals surface area contributed by atoms with E-state index in [1.54, 1.807) is 0 Å². The predicted octanol–water partition coefficient (Wildman–Crippen LogP) is 2.89. The Morgan fingerprint density at radius 1 is 1.33 bits per heavy atom. The summed E-state index contributed by atoms with van der Waals surface area (Å²) >= 11 is 0. The van der Waals surface area contributed by atoms with Gasteiger partial charge in [-0.15, -0.1) is 0 Å². The molecule has 4 nitrogen and oxygen atoms in total. The average molecular weight is 295 g/mol. The Labute approximate surface area is 130 Å². The molecule has 2 rings (SSSR count). The molecule has 0 bridgehead atoms. The highest BCUT2D eigenvalue weighted by Crippen LogP contribution is 2.32. The molecule has 122 valence electrons. The highest BCUT2D eigenvalue weighted by molar-refractivity contribution is 5.80. The van der Waals surface area contributed by atoms with E-state index in [9.17, 15) is 0 Å². The second-order valence-electron chi connectivity index (χ2n) is 6.92. The number of guanidine groups is 1. The molecule has 0 saturated carbocycles. The van der Waals surface area contributed by atoms with Gasteiger partial charge in [-0.3, -0.25) is 4.99 Å². The number of likely N-dealkylation sites (tertiary alicyclic amines) is 1. The van der Waals surface area contributed by atoms with Crippen LogP contribution in [-0.2, 0) is 4.74 Å². The maximum atomic E-state index is 5.43. The number of nitrogens with one attached hydrogen (secondary N) is 1. The fourth-order valence-electron chi connectivity index (χ4n) is 3.31. The Hall–Kier alpha value is -0.770. The first-order valence-corrected chi connectivity index (χ1v) is 8.78. The molecule has 0 aliphatic carbocycles. The topological polar surface area (TPSA) is 36.9 Å². The number of aliphatic imine (C=N–C) groups is 1. The first kappa shape index (κ1) is 16.6. The van der Waals surface area contributed by atoms with Crippen molar-refractivity contribution >= 4 is 5.96 Å². The van der Waals surface area contributed by atoms with Crippen LogP contribution in [-0.4, -0.2) is 50.3 Å². The van der Waals surface area contributed by atoms with Crippen LogP contribution >= 0.6 is 0 Å². The highest BCUT2D eigenvalue weighted by Gasteiger charge is 2.33. The number of hydrogen-bond donors (Lipinski definition) is 1. The average Bonchev–Trinajstić information content (AvgIpc) is 2.91. The van der Waals surface area contributed by atoms with Crippen molar-refractivity contribution in [3.63, 3.8) is 0 Å². The molecule has 1 atom stereocenters. The highest BCUT2D eigenvalue weighted by atomic mass is 16.5. The summed E-state index contributed by atoms with van der Waals surface area (Å²) in [5, 5.41) is 3.48. The molecular weight excluding hydrogens is 262 g/mol. The van der Waals surface area contributed by atoms with Crippen molar-refractivity contribution in [2.24, 2.45) is 16.3 Å². The summed E-state index contributed by atoms with van der Waals surface area (Å²) in [6, 6.07) is 0. The van der Waals surface area contributed by atoms with Crippen LogP contribution < -0.4 is 5.32 Å². The van der Waals surface area contributed by atoms with Crippen LogP contribution in [0.15, 0.2) is 4.99 Å². The molecule has 21 heavy (non-hydrogen) atoms. The SMILES string of the molecule is CCNC(=NCCC1CCOCC1)N1CCC(C)(CC)C1. The van der Waals surface area contributed by atoms with Crippen molar-refractivity contribution in [1.82, 2.24) is 10.2 Å². The molecular formula is C17H33N3O. The van der Waals surface area contributed by atoms with Gasteiger partial charge in [0.2, 0.25) is 0 Å². The van der Waals surface area contributed by atoms with E-state index in [1.165, 1.54) is 32.1 Å². The second-order valence-corrected chi connectivity index (χ2v) is 6.92. The van der Waals surface area contributed by atoms with Crippen LogP contribution in [0.1, 0.15) is 52.9 Å². The Bertz CT molecular complexity index is 339. The first-order chi connectivity index (χ1) is 10.2. The van der Waals surface area contributed by atoms with E-state index in [4.69, 9.17) is 9.73 Å². The molecule has 0 aromatic heterocycles. The molecule has 2 heterocycles. The van der Waals surface area contributed by atoms with E-state index in [-0.39, 0.29) is 0 Å². The Morgan fingerprint density at radius 3 is 2.71 bits per heavy atom. The summed E-state index contributed by atoms with van der Waals surface area (Å²) < 4.78 is 5.43. The molecule has 1 N–H and O–H groups in total. The van der Waals surface area contributed by atoms with E-state index in [0.29, 0.717) is 5.41 Å². The van der Waals surface area contributed by atoms with Crippen molar-refractivity contribution in [2.45, 2.75) is 52.9 Å². The molecule has 0 spiro atoms. The van der Waals surface area contributed by atoms with Crippen molar-refractivity contribution in [2.75, 3.05) is 39.4 Å². The standard InChI is InChI=1S/C17H33N3O/c1-4-17(3)9-11-20(14-17)16(18-5-2)19-10-6-15-7-12-21-13-8-15/h15H,4-14H2,1-3H3,(H,18,19). The van der Waals surface area contributed by atoms with Crippen LogP contribution in [0.5, 0.6) is 0 Å². The minimum absolute atomic E-state index is 0.469. The Kier molecular flexibility index (Phi) is 6.34. The fraction of sp³-hybridized carbons (Fsp3) is 0.941. The smallest absolute Gasteiger partial charge is 0.193 e. The van der Waals surface area contributed by atoms with Crippen LogP contribution in [0, 0.1) is 11.3 Å². The van der Waals surface area contributed by atoms with Crippen LogP contribution in [0.25, 0.3) is 0 Å². The molecule has 1 unspecified atom stereocenters. The molecule has 2 aliphatic rings. The molecule has 4 heteroatoms. The lowest BCUT2D eigenvalue weighted by Crippen LogP contribution is -2.41. The fourth-order valence-corrected chi connectivity index (χ4v) is 3.31. The van der Waals surface area contributed by atoms with Crippen LogP contribution in [0.2, 0.25) is 0 Å². The third kappa shape index (κ3) is 4.87. The third-order valence-electron chi connectivity index (χ3n) is 5.19. The van der Waals surface area contributed by atoms with Gasteiger partial charge in [-0.1, -0.05) is 13.8 Å². The Balaban J connectivity index is 1.84. The lowest BCUT2D eigenvalue weighted by molar-refractivity contribution is 0.0646. The summed E-state index contributed by atoms with van der Waals surface area (Å²) in [7, 11) is 0. The largest absolute Gasteiger partial charge is 0.381 e. The van der Waals surface area contributed by atoms with Crippen LogP contribution in [0.3, 0.4) is 0 Å². The summed E-state index contributed by atoms with van der Waals surface area (Å²) in [4.78, 5) is 7.34. The van der Waals surface area contributed by atoms with Crippen LogP contribution in [0.4, 0.5) is 0 Å². The maximum Gasteiger partial charge on any atom is 0.193 e. The number of nitrogens with zero attached hydrogens (tertiary/aromatic N) is 2. The van der Waals surface area contributed by atoms with E-state index < -0.39 is 0 Å². The monoisotopic (exact) mass is 295 g/mol. The van der Waals surface area contributed by atoms with Gasteiger partial charge in [-0.05, 0) is 50.4 Å².